The number of hydrogen-bond donors (Lipinski definition) is 0. The predicted molar refractivity (Wildman–Crippen MR) is 79.0 cm³/mol. The van der Waals surface area contributed by atoms with Crippen LogP contribution < -0.4 is 4.74 Å². The van der Waals surface area contributed by atoms with Crippen LogP contribution in [-0.2, 0) is 4.74 Å². The number of esters is 1. The third-order valence-electron chi connectivity index (χ3n) is 3.76. The lowest BCUT2D eigenvalue weighted by atomic mass is 9.87. The SMILES string of the molecule is N#C/C=C/[C@H]1CC[C@H](OC(=O)c2ccc(OC(F)(F)F)cc2)CC1. The lowest BCUT2D eigenvalue weighted by Crippen LogP contribution is -2.24. The topological polar surface area (TPSA) is 59.3 Å². The number of carbonyl (C=O) groups excluding carboxylic acids is 1. The molecule has 7 heteroatoms. The number of ether oxygens (including phenoxy) is 2. The third kappa shape index (κ3) is 5.61. The van der Waals surface area contributed by atoms with Gasteiger partial charge in [0.05, 0.1) is 11.6 Å². The summed E-state index contributed by atoms with van der Waals surface area (Å²) in [6.45, 7) is 0. The molecule has 0 unspecified atom stereocenters. The van der Waals surface area contributed by atoms with Crippen molar-refractivity contribution in [3.8, 4) is 11.8 Å². The van der Waals surface area contributed by atoms with Crippen molar-refractivity contribution in [3.63, 3.8) is 0 Å². The Morgan fingerprint density at radius 3 is 2.33 bits per heavy atom. The van der Waals surface area contributed by atoms with Crippen LogP contribution in [-0.4, -0.2) is 18.4 Å². The number of nitrogens with zero attached hydrogens (tertiary/aromatic N) is 1. The van der Waals surface area contributed by atoms with Crippen LogP contribution in [0.2, 0.25) is 0 Å². The summed E-state index contributed by atoms with van der Waals surface area (Å²) in [7, 11) is 0. The number of hydrogen-bond acceptors (Lipinski definition) is 4. The van der Waals surface area contributed by atoms with Crippen molar-refractivity contribution in [2.45, 2.75) is 38.1 Å². The summed E-state index contributed by atoms with van der Waals surface area (Å²) in [6.07, 6.45) is 1.39. The van der Waals surface area contributed by atoms with Crippen LogP contribution in [0.4, 0.5) is 13.2 Å². The van der Waals surface area contributed by atoms with Gasteiger partial charge in [0.2, 0.25) is 0 Å². The van der Waals surface area contributed by atoms with E-state index in [0.717, 1.165) is 25.0 Å². The lowest BCUT2D eigenvalue weighted by molar-refractivity contribution is -0.274. The molecule has 1 aliphatic carbocycles. The fourth-order valence-electron chi connectivity index (χ4n) is 2.59. The Labute approximate surface area is 137 Å². The number of benzene rings is 1. The summed E-state index contributed by atoms with van der Waals surface area (Å²) in [5.74, 6) is -0.633. The molecule has 0 heterocycles. The number of allylic oxidation sites excluding steroid dienone is 2. The molecule has 0 N–H and O–H groups in total. The van der Waals surface area contributed by atoms with Crippen molar-refractivity contribution in [1.29, 1.82) is 5.26 Å². The van der Waals surface area contributed by atoms with E-state index < -0.39 is 12.3 Å². The average Bonchev–Trinajstić information content (AvgIpc) is 2.53. The smallest absolute Gasteiger partial charge is 0.459 e. The minimum Gasteiger partial charge on any atom is -0.459 e. The summed E-state index contributed by atoms with van der Waals surface area (Å²) in [5.41, 5.74) is 0.177. The minimum atomic E-state index is -4.76. The van der Waals surface area contributed by atoms with E-state index in [1.54, 1.807) is 0 Å². The van der Waals surface area contributed by atoms with E-state index in [-0.39, 0.29) is 17.4 Å². The molecule has 1 aliphatic rings. The number of rotatable bonds is 4. The van der Waals surface area contributed by atoms with Gasteiger partial charge in [-0.1, -0.05) is 6.08 Å². The van der Waals surface area contributed by atoms with Crippen molar-refractivity contribution in [2.75, 3.05) is 0 Å². The number of alkyl halides is 3. The molecule has 0 bridgehead atoms. The summed E-state index contributed by atoms with van der Waals surface area (Å²) in [6, 6.07) is 6.59. The van der Waals surface area contributed by atoms with Crippen molar-refractivity contribution in [1.82, 2.24) is 0 Å². The highest BCUT2D eigenvalue weighted by atomic mass is 19.4. The Bertz CT molecular complexity index is 624. The van der Waals surface area contributed by atoms with E-state index in [2.05, 4.69) is 4.74 Å². The maximum absolute atomic E-state index is 12.1. The fourth-order valence-corrected chi connectivity index (χ4v) is 2.59. The minimum absolute atomic E-state index is 0.177. The van der Waals surface area contributed by atoms with Gasteiger partial charge in [0.1, 0.15) is 11.9 Å². The first-order valence-electron chi connectivity index (χ1n) is 7.50. The Morgan fingerprint density at radius 2 is 1.79 bits per heavy atom. The summed E-state index contributed by atoms with van der Waals surface area (Å²) in [4.78, 5) is 12.0. The highest BCUT2D eigenvalue weighted by Crippen LogP contribution is 2.28. The van der Waals surface area contributed by atoms with Gasteiger partial charge >= 0.3 is 12.3 Å². The molecule has 2 rings (SSSR count). The van der Waals surface area contributed by atoms with Crippen LogP contribution in [0.1, 0.15) is 36.0 Å². The number of carbonyl (C=O) groups is 1. The van der Waals surface area contributed by atoms with Gasteiger partial charge in [-0.15, -0.1) is 13.2 Å². The van der Waals surface area contributed by atoms with Gasteiger partial charge in [-0.3, -0.25) is 0 Å². The highest BCUT2D eigenvalue weighted by molar-refractivity contribution is 5.89. The zero-order chi connectivity index (χ0) is 17.6. The molecule has 0 aromatic heterocycles. The molecule has 0 aliphatic heterocycles. The van der Waals surface area contributed by atoms with Gasteiger partial charge in [-0.25, -0.2) is 4.79 Å². The molecule has 24 heavy (non-hydrogen) atoms. The van der Waals surface area contributed by atoms with Crippen LogP contribution in [0.5, 0.6) is 5.75 Å². The second-order valence-electron chi connectivity index (χ2n) is 5.50. The highest BCUT2D eigenvalue weighted by Gasteiger charge is 2.31. The summed E-state index contributed by atoms with van der Waals surface area (Å²) in [5, 5.41) is 8.50. The van der Waals surface area contributed by atoms with Gasteiger partial charge in [-0.05, 0) is 55.9 Å². The van der Waals surface area contributed by atoms with Crippen LogP contribution >= 0.6 is 0 Å². The maximum Gasteiger partial charge on any atom is 0.573 e. The molecule has 128 valence electrons. The van der Waals surface area contributed by atoms with E-state index >= 15 is 0 Å². The van der Waals surface area contributed by atoms with Crippen molar-refractivity contribution >= 4 is 5.97 Å². The molecule has 1 aromatic rings. The van der Waals surface area contributed by atoms with Crippen LogP contribution in [0.3, 0.4) is 0 Å². The molecule has 1 fully saturated rings. The Hall–Kier alpha value is -2.49. The van der Waals surface area contributed by atoms with Crippen molar-refractivity contribution < 1.29 is 27.4 Å². The molecular formula is C17H16F3NO3. The van der Waals surface area contributed by atoms with Crippen molar-refractivity contribution in [2.24, 2.45) is 5.92 Å². The third-order valence-corrected chi connectivity index (χ3v) is 3.76. The second-order valence-corrected chi connectivity index (χ2v) is 5.50. The standard InChI is InChI=1S/C17H16F3NO3/c18-17(19,20)24-15-9-5-13(6-10-15)16(22)23-14-7-3-12(4-8-14)2-1-11-21/h1-2,5-6,9-10,12,14H,3-4,7-8H2/b2-1+/t12-,14-. The largest absolute Gasteiger partial charge is 0.573 e. The normalized spacial score (nSPS) is 21.2. The molecule has 0 saturated heterocycles. The first-order chi connectivity index (χ1) is 11.4. The van der Waals surface area contributed by atoms with E-state index in [1.165, 1.54) is 18.2 Å². The van der Waals surface area contributed by atoms with Crippen LogP contribution in [0.15, 0.2) is 36.4 Å². The van der Waals surface area contributed by atoms with E-state index in [1.807, 2.05) is 12.1 Å². The Balaban J connectivity index is 1.85. The van der Waals surface area contributed by atoms with Crippen LogP contribution in [0, 0.1) is 17.2 Å². The molecule has 0 radical (unpaired) electrons. The van der Waals surface area contributed by atoms with Gasteiger partial charge in [0, 0.05) is 6.08 Å². The summed E-state index contributed by atoms with van der Waals surface area (Å²) < 4.78 is 45.4. The van der Waals surface area contributed by atoms with Gasteiger partial charge in [-0.2, -0.15) is 5.26 Å². The molecule has 1 saturated carbocycles. The first kappa shape index (κ1) is 17.9. The van der Waals surface area contributed by atoms with Gasteiger partial charge < -0.3 is 9.47 Å². The number of halogens is 3. The Kier molecular flexibility index (Phi) is 5.85. The molecular weight excluding hydrogens is 323 g/mol. The Morgan fingerprint density at radius 1 is 1.17 bits per heavy atom. The first-order valence-corrected chi connectivity index (χ1v) is 7.50. The summed E-state index contributed by atoms with van der Waals surface area (Å²) >= 11 is 0. The molecule has 0 atom stereocenters. The van der Waals surface area contributed by atoms with Crippen LogP contribution in [0.25, 0.3) is 0 Å². The van der Waals surface area contributed by atoms with Gasteiger partial charge in [0.25, 0.3) is 0 Å². The average molecular weight is 339 g/mol. The van der Waals surface area contributed by atoms with E-state index in [9.17, 15) is 18.0 Å². The van der Waals surface area contributed by atoms with Gasteiger partial charge in [0.15, 0.2) is 0 Å². The maximum atomic E-state index is 12.1. The molecule has 4 nitrogen and oxygen atoms in total. The molecule has 0 amide bonds. The predicted octanol–water partition coefficient (Wildman–Crippen LogP) is 4.38. The number of nitriles is 1. The zero-order valence-corrected chi connectivity index (χ0v) is 12.8. The molecule has 0 spiro atoms. The monoisotopic (exact) mass is 339 g/mol. The second kappa shape index (κ2) is 7.86. The quantitative estimate of drug-likeness (QED) is 0.603. The lowest BCUT2D eigenvalue weighted by Gasteiger charge is -2.26. The van der Waals surface area contributed by atoms with E-state index in [0.29, 0.717) is 18.8 Å². The molecule has 1 aromatic carbocycles. The van der Waals surface area contributed by atoms with Crippen molar-refractivity contribution in [3.05, 3.63) is 42.0 Å². The zero-order valence-electron chi connectivity index (χ0n) is 12.8. The fraction of sp³-hybridized carbons (Fsp3) is 0.412. The van der Waals surface area contributed by atoms with E-state index in [4.69, 9.17) is 10.00 Å².